The van der Waals surface area contributed by atoms with Gasteiger partial charge < -0.3 is 11.5 Å². The first-order valence-corrected chi connectivity index (χ1v) is 5.24. The SMILES string of the molecule is NC(N)=NN=Cc1ccc(-c2ccncn2)cc1. The van der Waals surface area contributed by atoms with Gasteiger partial charge in [0.1, 0.15) is 6.33 Å². The highest BCUT2D eigenvalue weighted by Gasteiger charge is 1.97. The number of nitrogens with two attached hydrogens (primary N) is 2. The Bertz CT molecular complexity index is 555. The van der Waals surface area contributed by atoms with Crippen LogP contribution in [0.4, 0.5) is 0 Å². The highest BCUT2D eigenvalue weighted by molar-refractivity contribution is 5.82. The Hall–Kier alpha value is -2.76. The molecule has 0 aliphatic rings. The number of guanidine groups is 1. The van der Waals surface area contributed by atoms with E-state index in [2.05, 4.69) is 20.2 Å². The van der Waals surface area contributed by atoms with Crippen LogP contribution in [0.1, 0.15) is 5.56 Å². The first-order chi connectivity index (χ1) is 8.75. The topological polar surface area (TPSA) is 103 Å². The summed E-state index contributed by atoms with van der Waals surface area (Å²) in [4.78, 5) is 8.04. The Morgan fingerprint density at radius 3 is 2.50 bits per heavy atom. The average Bonchev–Trinajstić information content (AvgIpc) is 2.40. The van der Waals surface area contributed by atoms with Crippen LogP contribution < -0.4 is 11.5 Å². The molecule has 0 fully saturated rings. The molecular weight excluding hydrogens is 228 g/mol. The molecule has 0 amide bonds. The Balaban J connectivity index is 2.16. The monoisotopic (exact) mass is 240 g/mol. The number of hydrogen-bond donors (Lipinski definition) is 2. The summed E-state index contributed by atoms with van der Waals surface area (Å²) in [5.74, 6) is -0.0659. The van der Waals surface area contributed by atoms with E-state index < -0.39 is 0 Å². The predicted octanol–water partition coefficient (Wildman–Crippen LogP) is 0.751. The Labute approximate surface area is 104 Å². The van der Waals surface area contributed by atoms with E-state index in [-0.39, 0.29) is 5.96 Å². The van der Waals surface area contributed by atoms with Crippen LogP contribution >= 0.6 is 0 Å². The molecule has 0 unspecified atom stereocenters. The lowest BCUT2D eigenvalue weighted by Crippen LogP contribution is -2.21. The third kappa shape index (κ3) is 3.11. The van der Waals surface area contributed by atoms with Crippen molar-refractivity contribution < 1.29 is 0 Å². The quantitative estimate of drug-likeness (QED) is 0.469. The first kappa shape index (κ1) is 11.7. The van der Waals surface area contributed by atoms with E-state index in [0.717, 1.165) is 16.8 Å². The number of rotatable bonds is 3. The molecule has 0 saturated carbocycles. The van der Waals surface area contributed by atoms with Crippen molar-refractivity contribution >= 4 is 12.2 Å². The maximum absolute atomic E-state index is 5.16. The molecule has 0 radical (unpaired) electrons. The van der Waals surface area contributed by atoms with Crippen molar-refractivity contribution in [2.75, 3.05) is 0 Å². The molecule has 0 saturated heterocycles. The minimum Gasteiger partial charge on any atom is -0.369 e. The van der Waals surface area contributed by atoms with Crippen LogP contribution in [0.5, 0.6) is 0 Å². The summed E-state index contributed by atoms with van der Waals surface area (Å²) in [6.45, 7) is 0. The van der Waals surface area contributed by atoms with Crippen molar-refractivity contribution in [1.82, 2.24) is 9.97 Å². The van der Waals surface area contributed by atoms with Crippen molar-refractivity contribution in [3.63, 3.8) is 0 Å². The van der Waals surface area contributed by atoms with Crippen molar-refractivity contribution in [2.24, 2.45) is 21.7 Å². The molecule has 4 N–H and O–H groups in total. The summed E-state index contributed by atoms with van der Waals surface area (Å²) in [6.07, 6.45) is 4.80. The second-order valence-corrected chi connectivity index (χ2v) is 3.49. The second-order valence-electron chi connectivity index (χ2n) is 3.49. The third-order valence-corrected chi connectivity index (χ3v) is 2.17. The molecule has 18 heavy (non-hydrogen) atoms. The fraction of sp³-hybridized carbons (Fsp3) is 0. The minimum atomic E-state index is -0.0659. The molecule has 0 bridgehead atoms. The molecule has 1 heterocycles. The zero-order valence-electron chi connectivity index (χ0n) is 9.56. The van der Waals surface area contributed by atoms with E-state index in [0.29, 0.717) is 0 Å². The van der Waals surface area contributed by atoms with Crippen molar-refractivity contribution in [2.45, 2.75) is 0 Å². The fourth-order valence-electron chi connectivity index (χ4n) is 1.36. The van der Waals surface area contributed by atoms with Crippen molar-refractivity contribution in [3.05, 3.63) is 48.4 Å². The van der Waals surface area contributed by atoms with Crippen LogP contribution in [0.25, 0.3) is 11.3 Å². The van der Waals surface area contributed by atoms with Gasteiger partial charge in [-0.25, -0.2) is 9.97 Å². The van der Waals surface area contributed by atoms with Crippen LogP contribution in [0.2, 0.25) is 0 Å². The largest absolute Gasteiger partial charge is 0.369 e. The van der Waals surface area contributed by atoms with Crippen LogP contribution in [0.3, 0.4) is 0 Å². The summed E-state index contributed by atoms with van der Waals surface area (Å²) >= 11 is 0. The smallest absolute Gasteiger partial charge is 0.211 e. The Kier molecular flexibility index (Phi) is 3.60. The van der Waals surface area contributed by atoms with Gasteiger partial charge >= 0.3 is 0 Å². The van der Waals surface area contributed by atoms with Gasteiger partial charge in [0.25, 0.3) is 0 Å². The highest BCUT2D eigenvalue weighted by atomic mass is 15.3. The maximum atomic E-state index is 5.16. The fourth-order valence-corrected chi connectivity index (χ4v) is 1.36. The summed E-state index contributed by atoms with van der Waals surface area (Å²) in [5.41, 5.74) is 13.1. The molecule has 0 atom stereocenters. The molecule has 6 nitrogen and oxygen atoms in total. The lowest BCUT2D eigenvalue weighted by molar-refractivity contribution is 1.17. The van der Waals surface area contributed by atoms with Crippen molar-refractivity contribution in [3.8, 4) is 11.3 Å². The van der Waals surface area contributed by atoms with Crippen LogP contribution in [0.15, 0.2) is 53.1 Å². The van der Waals surface area contributed by atoms with E-state index in [1.165, 1.54) is 6.33 Å². The van der Waals surface area contributed by atoms with Gasteiger partial charge in [-0.3, -0.25) is 0 Å². The molecule has 0 spiro atoms. The molecule has 0 aliphatic carbocycles. The summed E-state index contributed by atoms with van der Waals surface area (Å²) in [7, 11) is 0. The van der Waals surface area contributed by atoms with Gasteiger partial charge in [-0.2, -0.15) is 5.10 Å². The highest BCUT2D eigenvalue weighted by Crippen LogP contribution is 2.15. The zero-order valence-corrected chi connectivity index (χ0v) is 9.56. The summed E-state index contributed by atoms with van der Waals surface area (Å²) in [6, 6.07) is 9.55. The lowest BCUT2D eigenvalue weighted by Gasteiger charge is -1.99. The van der Waals surface area contributed by atoms with E-state index in [1.807, 2.05) is 30.3 Å². The summed E-state index contributed by atoms with van der Waals surface area (Å²) < 4.78 is 0. The van der Waals surface area contributed by atoms with Gasteiger partial charge in [-0.1, -0.05) is 24.3 Å². The van der Waals surface area contributed by atoms with Crippen LogP contribution in [0, 0.1) is 0 Å². The average molecular weight is 240 g/mol. The van der Waals surface area contributed by atoms with Crippen LogP contribution in [-0.4, -0.2) is 22.1 Å². The van der Waals surface area contributed by atoms with Gasteiger partial charge in [-0.05, 0) is 11.6 Å². The molecule has 2 rings (SSSR count). The third-order valence-electron chi connectivity index (χ3n) is 2.17. The zero-order chi connectivity index (χ0) is 12.8. The predicted molar refractivity (Wildman–Crippen MR) is 70.9 cm³/mol. The van der Waals surface area contributed by atoms with Gasteiger partial charge in [0, 0.05) is 11.8 Å². The maximum Gasteiger partial charge on any atom is 0.211 e. The Morgan fingerprint density at radius 1 is 1.11 bits per heavy atom. The van der Waals surface area contributed by atoms with E-state index in [1.54, 1.807) is 12.4 Å². The molecule has 90 valence electrons. The summed E-state index contributed by atoms with van der Waals surface area (Å²) in [5, 5.41) is 7.25. The Morgan fingerprint density at radius 2 is 1.89 bits per heavy atom. The number of nitrogens with zero attached hydrogens (tertiary/aromatic N) is 4. The van der Waals surface area contributed by atoms with Crippen LogP contribution in [-0.2, 0) is 0 Å². The lowest BCUT2D eigenvalue weighted by atomic mass is 10.1. The molecule has 0 aliphatic heterocycles. The van der Waals surface area contributed by atoms with Gasteiger partial charge in [0.05, 0.1) is 11.9 Å². The van der Waals surface area contributed by atoms with E-state index in [4.69, 9.17) is 11.5 Å². The molecular formula is C12H12N6. The van der Waals surface area contributed by atoms with E-state index in [9.17, 15) is 0 Å². The van der Waals surface area contributed by atoms with Gasteiger partial charge in [0.2, 0.25) is 5.96 Å². The number of hydrogen-bond acceptors (Lipinski definition) is 4. The number of aromatic nitrogens is 2. The van der Waals surface area contributed by atoms with Crippen molar-refractivity contribution in [1.29, 1.82) is 0 Å². The standard InChI is InChI=1S/C12H12N6/c13-12(14)18-17-7-9-1-3-10(4-2-9)11-5-6-15-8-16-11/h1-8H,(H4,13,14,18). The molecule has 1 aromatic carbocycles. The number of benzene rings is 1. The van der Waals surface area contributed by atoms with Gasteiger partial charge in [0.15, 0.2) is 0 Å². The molecule has 1 aromatic heterocycles. The van der Waals surface area contributed by atoms with Gasteiger partial charge in [-0.15, -0.1) is 5.10 Å². The molecule has 2 aromatic rings. The normalized spacial score (nSPS) is 10.4. The molecule has 6 heteroatoms. The van der Waals surface area contributed by atoms with E-state index >= 15 is 0 Å². The first-order valence-electron chi connectivity index (χ1n) is 5.24. The second kappa shape index (κ2) is 5.53. The minimum absolute atomic E-state index is 0.0659.